The van der Waals surface area contributed by atoms with Gasteiger partial charge in [0.25, 0.3) is 0 Å². The number of rotatable bonds is 6. The third-order valence-electron chi connectivity index (χ3n) is 5.61. The first kappa shape index (κ1) is 21.3. The lowest BCUT2D eigenvalue weighted by Crippen LogP contribution is -2.40. The zero-order chi connectivity index (χ0) is 20.8. The third-order valence-corrected chi connectivity index (χ3v) is 6.11. The molecule has 0 unspecified atom stereocenters. The third kappa shape index (κ3) is 6.03. The molecule has 2 heterocycles. The highest BCUT2D eigenvalue weighted by Gasteiger charge is 2.28. The van der Waals surface area contributed by atoms with Crippen molar-refractivity contribution in [3.05, 3.63) is 58.7 Å². The summed E-state index contributed by atoms with van der Waals surface area (Å²) in [4.78, 5) is 22.0. The average molecular weight is 475 g/mol. The van der Waals surface area contributed by atoms with E-state index in [4.69, 9.17) is 14.3 Å². The molecule has 1 aromatic heterocycles. The molecule has 0 radical (unpaired) electrons. The molecule has 30 heavy (non-hydrogen) atoms. The Morgan fingerprint density at radius 1 is 0.933 bits per heavy atom. The molecule has 0 amide bonds. The van der Waals surface area contributed by atoms with E-state index in [2.05, 4.69) is 20.9 Å². The van der Waals surface area contributed by atoms with Crippen molar-refractivity contribution < 1.29 is 19.1 Å². The summed E-state index contributed by atoms with van der Waals surface area (Å²) in [5.41, 5.74) is 0.577. The van der Waals surface area contributed by atoms with E-state index < -0.39 is 0 Å². The van der Waals surface area contributed by atoms with Crippen LogP contribution in [0.1, 0.15) is 48.9 Å². The van der Waals surface area contributed by atoms with Gasteiger partial charge in [0.05, 0.1) is 17.8 Å². The maximum absolute atomic E-state index is 12.2. The van der Waals surface area contributed by atoms with Gasteiger partial charge in [-0.15, -0.1) is 5.06 Å². The van der Waals surface area contributed by atoms with Gasteiger partial charge in [-0.2, -0.15) is 0 Å². The fraction of sp³-hybridized carbons (Fsp3) is 0.478. The highest BCUT2D eigenvalue weighted by molar-refractivity contribution is 9.10. The first-order valence-electron chi connectivity index (χ1n) is 10.6. The summed E-state index contributed by atoms with van der Waals surface area (Å²) >= 11 is 3.45. The van der Waals surface area contributed by atoms with Crippen LogP contribution in [0.2, 0.25) is 0 Å². The number of nitrogens with zero attached hydrogens (tertiary/aromatic N) is 2. The predicted octanol–water partition coefficient (Wildman–Crippen LogP) is 4.79. The van der Waals surface area contributed by atoms with Crippen molar-refractivity contribution in [2.75, 3.05) is 13.1 Å². The Morgan fingerprint density at radius 2 is 1.60 bits per heavy atom. The summed E-state index contributed by atoms with van der Waals surface area (Å²) in [5, 5.41) is 1.75. The van der Waals surface area contributed by atoms with E-state index in [1.54, 1.807) is 23.4 Å². The number of benzene rings is 1. The van der Waals surface area contributed by atoms with Crippen LogP contribution in [0.15, 0.2) is 53.1 Å². The van der Waals surface area contributed by atoms with E-state index in [1.165, 1.54) is 0 Å². The largest absolute Gasteiger partial charge is 0.474 e. The minimum Gasteiger partial charge on any atom is -0.474 e. The van der Waals surface area contributed by atoms with Crippen LogP contribution in [0, 0.1) is 0 Å². The van der Waals surface area contributed by atoms with Crippen LogP contribution < -0.4 is 4.74 Å². The molecule has 6 nitrogen and oxygen atoms in total. The van der Waals surface area contributed by atoms with Crippen molar-refractivity contribution >= 4 is 21.9 Å². The van der Waals surface area contributed by atoms with Gasteiger partial charge in [0.15, 0.2) is 0 Å². The van der Waals surface area contributed by atoms with Crippen LogP contribution in [-0.2, 0) is 9.57 Å². The van der Waals surface area contributed by atoms with Crippen LogP contribution in [0.5, 0.6) is 5.88 Å². The van der Waals surface area contributed by atoms with Gasteiger partial charge < -0.3 is 14.3 Å². The number of hydrogen-bond donors (Lipinski definition) is 0. The Hall–Kier alpha value is -1.96. The molecule has 0 bridgehead atoms. The Labute approximate surface area is 185 Å². The molecule has 4 rings (SSSR count). The first-order chi connectivity index (χ1) is 14.7. The monoisotopic (exact) mass is 474 g/mol. The Balaban J connectivity index is 1.15. The van der Waals surface area contributed by atoms with Crippen molar-refractivity contribution in [3.8, 4) is 5.88 Å². The molecule has 0 N–H and O–H groups in total. The topological polar surface area (TPSA) is 60.9 Å². The number of pyridine rings is 1. The number of ether oxygens (including phenoxy) is 2. The molecule has 7 heteroatoms. The number of halogens is 1. The van der Waals surface area contributed by atoms with Gasteiger partial charge in [0.2, 0.25) is 5.88 Å². The van der Waals surface area contributed by atoms with Crippen LogP contribution in [0.3, 0.4) is 0 Å². The zero-order valence-electron chi connectivity index (χ0n) is 16.9. The van der Waals surface area contributed by atoms with Gasteiger partial charge in [0.1, 0.15) is 6.10 Å². The fourth-order valence-electron chi connectivity index (χ4n) is 3.98. The lowest BCUT2D eigenvalue weighted by atomic mass is 9.94. The van der Waals surface area contributed by atoms with E-state index in [1.807, 2.05) is 30.3 Å². The summed E-state index contributed by atoms with van der Waals surface area (Å²) in [5.74, 6) is 0.374. The van der Waals surface area contributed by atoms with Crippen molar-refractivity contribution in [2.24, 2.45) is 0 Å². The number of carbonyl (C=O) groups is 1. The van der Waals surface area contributed by atoms with Crippen molar-refractivity contribution in [1.29, 1.82) is 0 Å². The van der Waals surface area contributed by atoms with Crippen LogP contribution in [-0.4, -0.2) is 47.4 Å². The van der Waals surface area contributed by atoms with Crippen LogP contribution in [0.4, 0.5) is 0 Å². The van der Waals surface area contributed by atoms with Gasteiger partial charge in [0, 0.05) is 29.8 Å². The van der Waals surface area contributed by atoms with E-state index in [0.717, 1.165) is 43.0 Å². The number of aromatic nitrogens is 1. The number of hydroxylamine groups is 2. The Morgan fingerprint density at radius 3 is 2.30 bits per heavy atom. The molecule has 1 saturated heterocycles. The summed E-state index contributed by atoms with van der Waals surface area (Å²) in [7, 11) is 0. The number of piperidine rings is 1. The molecule has 1 aliphatic carbocycles. The van der Waals surface area contributed by atoms with Gasteiger partial charge >= 0.3 is 5.97 Å². The van der Waals surface area contributed by atoms with Gasteiger partial charge in [-0.3, -0.25) is 0 Å². The fourth-order valence-corrected chi connectivity index (χ4v) is 4.30. The second-order valence-electron chi connectivity index (χ2n) is 7.84. The van der Waals surface area contributed by atoms with Crippen molar-refractivity contribution in [2.45, 2.75) is 56.8 Å². The molecule has 2 aliphatic rings. The van der Waals surface area contributed by atoms with Crippen LogP contribution >= 0.6 is 15.9 Å². The lowest BCUT2D eigenvalue weighted by molar-refractivity contribution is -0.150. The van der Waals surface area contributed by atoms with Crippen LogP contribution in [0.25, 0.3) is 0 Å². The lowest BCUT2D eigenvalue weighted by Gasteiger charge is -2.35. The molecule has 2 fully saturated rings. The standard InChI is InChI=1S/C23H27BrN2O4/c24-18-10-13-25-22(16-18)29-20-8-6-19(7-9-20)28-21-11-14-26(15-12-21)30-23(27)17-4-2-1-3-5-17/h1-5,10,13,16,19-21H,6-9,11-12,14-15H2/t19-,20-. The van der Waals surface area contributed by atoms with Crippen molar-refractivity contribution in [3.63, 3.8) is 0 Å². The van der Waals surface area contributed by atoms with E-state index in [9.17, 15) is 4.79 Å². The minimum absolute atomic E-state index is 0.200. The number of carbonyl (C=O) groups excluding carboxylic acids is 1. The molecule has 2 aromatic rings. The highest BCUT2D eigenvalue weighted by atomic mass is 79.9. The highest BCUT2D eigenvalue weighted by Crippen LogP contribution is 2.28. The van der Waals surface area contributed by atoms with E-state index in [-0.39, 0.29) is 24.3 Å². The molecule has 1 aliphatic heterocycles. The predicted molar refractivity (Wildman–Crippen MR) is 116 cm³/mol. The molecule has 0 spiro atoms. The zero-order valence-corrected chi connectivity index (χ0v) is 18.5. The second kappa shape index (κ2) is 10.4. The molecule has 0 atom stereocenters. The molecule has 1 saturated carbocycles. The summed E-state index contributed by atoms with van der Waals surface area (Å²) in [6.07, 6.45) is 8.17. The minimum atomic E-state index is -0.298. The van der Waals surface area contributed by atoms with E-state index in [0.29, 0.717) is 24.5 Å². The quantitative estimate of drug-likeness (QED) is 0.599. The maximum Gasteiger partial charge on any atom is 0.357 e. The smallest absolute Gasteiger partial charge is 0.357 e. The average Bonchev–Trinajstić information content (AvgIpc) is 2.77. The molecular formula is C23H27BrN2O4. The molecule has 160 valence electrons. The summed E-state index contributed by atoms with van der Waals surface area (Å²) in [6, 6.07) is 12.9. The maximum atomic E-state index is 12.2. The SMILES string of the molecule is O=C(ON1CCC(O[C@H]2CC[C@H](Oc3cc(Br)ccn3)CC2)CC1)c1ccccc1. The van der Waals surface area contributed by atoms with Gasteiger partial charge in [-0.1, -0.05) is 34.1 Å². The summed E-state index contributed by atoms with van der Waals surface area (Å²) < 4.78 is 13.3. The first-order valence-corrected chi connectivity index (χ1v) is 11.4. The van der Waals surface area contributed by atoms with Gasteiger partial charge in [-0.05, 0) is 56.7 Å². The molecule has 1 aromatic carbocycles. The van der Waals surface area contributed by atoms with E-state index >= 15 is 0 Å². The van der Waals surface area contributed by atoms with Gasteiger partial charge in [-0.25, -0.2) is 9.78 Å². The number of hydrogen-bond acceptors (Lipinski definition) is 6. The second-order valence-corrected chi connectivity index (χ2v) is 8.75. The summed E-state index contributed by atoms with van der Waals surface area (Å²) in [6.45, 7) is 1.41. The Bertz CT molecular complexity index is 819. The van der Waals surface area contributed by atoms with Crippen molar-refractivity contribution in [1.82, 2.24) is 10.0 Å². The molecular weight excluding hydrogens is 448 g/mol. The Kier molecular flexibility index (Phi) is 7.36. The normalized spacial score (nSPS) is 23.1.